The Morgan fingerprint density at radius 3 is 2.75 bits per heavy atom. The molecule has 0 aliphatic carbocycles. The number of hydrogen-bond donors (Lipinski definition) is 3. The number of thiazole rings is 1. The first-order valence-corrected chi connectivity index (χ1v) is 9.34. The van der Waals surface area contributed by atoms with Gasteiger partial charge in [0.15, 0.2) is 0 Å². The largest absolute Gasteiger partial charge is 0.323 e. The lowest BCUT2D eigenvalue weighted by Crippen LogP contribution is -2.40. The van der Waals surface area contributed by atoms with Gasteiger partial charge in [0.05, 0.1) is 10.2 Å². The normalized spacial score (nSPS) is 19.0. The summed E-state index contributed by atoms with van der Waals surface area (Å²) in [4.78, 5) is 40.2. The molecule has 1 fully saturated rings. The molecule has 1 aromatic heterocycles. The highest BCUT2D eigenvalue weighted by molar-refractivity contribution is 7.19. The van der Waals surface area contributed by atoms with Gasteiger partial charge in [-0.05, 0) is 42.8 Å². The lowest BCUT2D eigenvalue weighted by atomic mass is 9.92. The van der Waals surface area contributed by atoms with Crippen LogP contribution in [0.2, 0.25) is 0 Å². The van der Waals surface area contributed by atoms with E-state index in [2.05, 4.69) is 20.9 Å². The number of anilines is 1. The van der Waals surface area contributed by atoms with Crippen LogP contribution < -0.4 is 16.0 Å². The number of carbonyl (C=O) groups excluding carboxylic acids is 3. The molecule has 0 radical (unpaired) electrons. The SMILES string of the molecule is CC1(c2cccc(NC(=O)C=Cc3nc4ccccc4s3)c2)NC(=O)NC1=O. The van der Waals surface area contributed by atoms with Crippen LogP contribution in [-0.4, -0.2) is 22.8 Å². The summed E-state index contributed by atoms with van der Waals surface area (Å²) in [6, 6.07) is 14.0. The first-order chi connectivity index (χ1) is 13.4. The molecule has 7 nitrogen and oxygen atoms in total. The van der Waals surface area contributed by atoms with Crippen molar-refractivity contribution >= 4 is 51.2 Å². The van der Waals surface area contributed by atoms with Gasteiger partial charge in [0.2, 0.25) is 5.91 Å². The second-order valence-electron chi connectivity index (χ2n) is 6.46. The number of rotatable bonds is 4. The number of hydrogen-bond acceptors (Lipinski definition) is 5. The Kier molecular flexibility index (Phi) is 4.40. The van der Waals surface area contributed by atoms with E-state index in [4.69, 9.17) is 0 Å². The molecular weight excluding hydrogens is 376 g/mol. The van der Waals surface area contributed by atoms with Gasteiger partial charge < -0.3 is 10.6 Å². The van der Waals surface area contributed by atoms with Gasteiger partial charge >= 0.3 is 6.03 Å². The van der Waals surface area contributed by atoms with Crippen LogP contribution in [0.1, 0.15) is 17.5 Å². The fraction of sp³-hybridized carbons (Fsp3) is 0.100. The van der Waals surface area contributed by atoms with Crippen molar-refractivity contribution in [3.63, 3.8) is 0 Å². The molecule has 1 aliphatic rings. The number of imide groups is 1. The molecule has 4 rings (SSSR count). The lowest BCUT2D eigenvalue weighted by Gasteiger charge is -2.21. The third-order valence-electron chi connectivity index (χ3n) is 4.44. The topological polar surface area (TPSA) is 100 Å². The van der Waals surface area contributed by atoms with Gasteiger partial charge in [0.1, 0.15) is 10.5 Å². The second-order valence-corrected chi connectivity index (χ2v) is 7.52. The number of aromatic nitrogens is 1. The van der Waals surface area contributed by atoms with Crippen LogP contribution in [0, 0.1) is 0 Å². The number of nitrogens with one attached hydrogen (secondary N) is 3. The molecular formula is C20H16N4O3S. The molecule has 8 heteroatoms. The van der Waals surface area contributed by atoms with Crippen molar-refractivity contribution in [2.24, 2.45) is 0 Å². The summed E-state index contributed by atoms with van der Waals surface area (Å²) < 4.78 is 1.06. The summed E-state index contributed by atoms with van der Waals surface area (Å²) in [6.45, 7) is 1.61. The number of fused-ring (bicyclic) bond motifs is 1. The van der Waals surface area contributed by atoms with E-state index in [1.807, 2.05) is 24.3 Å². The van der Waals surface area contributed by atoms with Gasteiger partial charge in [-0.3, -0.25) is 14.9 Å². The van der Waals surface area contributed by atoms with E-state index < -0.39 is 17.5 Å². The van der Waals surface area contributed by atoms with Crippen LogP contribution in [-0.2, 0) is 15.1 Å². The minimum Gasteiger partial charge on any atom is -0.323 e. The van der Waals surface area contributed by atoms with Gasteiger partial charge in [-0.1, -0.05) is 24.3 Å². The van der Waals surface area contributed by atoms with Crippen LogP contribution >= 0.6 is 11.3 Å². The average molecular weight is 392 g/mol. The van der Waals surface area contributed by atoms with Crippen molar-refractivity contribution in [1.29, 1.82) is 0 Å². The van der Waals surface area contributed by atoms with Gasteiger partial charge in [-0.15, -0.1) is 11.3 Å². The number of urea groups is 1. The Balaban J connectivity index is 1.49. The molecule has 3 aromatic rings. The Morgan fingerprint density at radius 2 is 2.00 bits per heavy atom. The van der Waals surface area contributed by atoms with Crippen LogP contribution in [0.4, 0.5) is 10.5 Å². The molecule has 0 saturated carbocycles. The summed E-state index contributed by atoms with van der Waals surface area (Å²) in [6.07, 6.45) is 3.08. The summed E-state index contributed by atoms with van der Waals surface area (Å²) in [5.41, 5.74) is 0.815. The molecule has 1 aliphatic heterocycles. The van der Waals surface area contributed by atoms with E-state index in [-0.39, 0.29) is 5.91 Å². The minimum absolute atomic E-state index is 0.318. The second kappa shape index (κ2) is 6.90. The number of carbonyl (C=O) groups is 3. The summed E-state index contributed by atoms with van der Waals surface area (Å²) in [5.74, 6) is -0.752. The van der Waals surface area contributed by atoms with Crippen LogP contribution in [0.25, 0.3) is 16.3 Å². The Morgan fingerprint density at radius 1 is 1.18 bits per heavy atom. The highest BCUT2D eigenvalue weighted by atomic mass is 32.1. The van der Waals surface area contributed by atoms with Gasteiger partial charge in [0, 0.05) is 11.8 Å². The maximum atomic E-state index is 12.3. The van der Waals surface area contributed by atoms with Crippen LogP contribution in [0.3, 0.4) is 0 Å². The predicted molar refractivity (Wildman–Crippen MR) is 108 cm³/mol. The molecule has 1 atom stereocenters. The van der Waals surface area contributed by atoms with Crippen LogP contribution in [0.15, 0.2) is 54.6 Å². The van der Waals surface area contributed by atoms with Crippen molar-refractivity contribution in [1.82, 2.24) is 15.6 Å². The van der Waals surface area contributed by atoms with E-state index in [0.717, 1.165) is 15.2 Å². The Bertz CT molecular complexity index is 1100. The third-order valence-corrected chi connectivity index (χ3v) is 5.44. The average Bonchev–Trinajstić information content (AvgIpc) is 3.20. The quantitative estimate of drug-likeness (QED) is 0.469. The number of nitrogens with zero attached hydrogens (tertiary/aromatic N) is 1. The molecule has 0 bridgehead atoms. The highest BCUT2D eigenvalue weighted by Crippen LogP contribution is 2.26. The molecule has 28 heavy (non-hydrogen) atoms. The number of para-hydroxylation sites is 1. The van der Waals surface area contributed by atoms with E-state index in [9.17, 15) is 14.4 Å². The van der Waals surface area contributed by atoms with Gasteiger partial charge in [0.25, 0.3) is 5.91 Å². The summed E-state index contributed by atoms with van der Waals surface area (Å²) in [5, 5.41) is 8.32. The van der Waals surface area contributed by atoms with E-state index in [1.165, 1.54) is 17.4 Å². The monoisotopic (exact) mass is 392 g/mol. The molecule has 3 N–H and O–H groups in total. The number of amides is 4. The fourth-order valence-corrected chi connectivity index (χ4v) is 3.82. The fourth-order valence-electron chi connectivity index (χ4n) is 2.95. The van der Waals surface area contributed by atoms with E-state index >= 15 is 0 Å². The van der Waals surface area contributed by atoms with E-state index in [1.54, 1.807) is 37.3 Å². The number of benzene rings is 2. The highest BCUT2D eigenvalue weighted by Gasteiger charge is 2.43. The zero-order valence-electron chi connectivity index (χ0n) is 14.9. The molecule has 4 amide bonds. The first-order valence-electron chi connectivity index (χ1n) is 8.53. The van der Waals surface area contributed by atoms with Crippen molar-refractivity contribution in [3.8, 4) is 0 Å². The van der Waals surface area contributed by atoms with Crippen molar-refractivity contribution in [3.05, 3.63) is 65.2 Å². The molecule has 2 aromatic carbocycles. The third kappa shape index (κ3) is 3.37. The van der Waals surface area contributed by atoms with Crippen molar-refractivity contribution in [2.75, 3.05) is 5.32 Å². The Labute approximate surface area is 164 Å². The first kappa shape index (κ1) is 17.9. The smallest absolute Gasteiger partial charge is 0.322 e. The molecule has 2 heterocycles. The summed E-state index contributed by atoms with van der Waals surface area (Å²) in [7, 11) is 0. The predicted octanol–water partition coefficient (Wildman–Crippen LogP) is 3.00. The lowest BCUT2D eigenvalue weighted by molar-refractivity contribution is -0.123. The van der Waals surface area contributed by atoms with Crippen molar-refractivity contribution < 1.29 is 14.4 Å². The standard InChI is InChI=1S/C20H16N4O3S/c1-20(18(26)23-19(27)24-20)12-5-4-6-13(11-12)21-16(25)9-10-17-22-14-7-2-3-8-15(14)28-17/h2-11H,1H3,(H,21,25)(H2,23,24,26,27). The molecule has 1 saturated heterocycles. The molecule has 1 unspecified atom stereocenters. The maximum Gasteiger partial charge on any atom is 0.322 e. The van der Waals surface area contributed by atoms with E-state index in [0.29, 0.717) is 11.3 Å². The zero-order chi connectivity index (χ0) is 19.7. The maximum absolute atomic E-state index is 12.3. The van der Waals surface area contributed by atoms with Gasteiger partial charge in [-0.25, -0.2) is 9.78 Å². The van der Waals surface area contributed by atoms with Gasteiger partial charge in [-0.2, -0.15) is 0 Å². The van der Waals surface area contributed by atoms with Crippen molar-refractivity contribution in [2.45, 2.75) is 12.5 Å². The van der Waals surface area contributed by atoms with Crippen LogP contribution in [0.5, 0.6) is 0 Å². The zero-order valence-corrected chi connectivity index (χ0v) is 15.7. The molecule has 0 spiro atoms. The molecule has 140 valence electrons. The minimum atomic E-state index is -1.17. The summed E-state index contributed by atoms with van der Waals surface area (Å²) >= 11 is 1.50. The Hall–Kier alpha value is -3.52.